The average Bonchev–Trinajstić information content (AvgIpc) is 2.24. The Morgan fingerprint density at radius 2 is 2.12 bits per heavy atom. The molecule has 1 unspecified atom stereocenters. The number of aliphatic hydroxyl groups excluding tert-OH is 1. The third-order valence-corrected chi connectivity index (χ3v) is 2.46. The van der Waals surface area contributed by atoms with E-state index in [1.54, 1.807) is 6.07 Å². The Morgan fingerprint density at radius 1 is 1.38 bits per heavy atom. The lowest BCUT2D eigenvalue weighted by molar-refractivity contribution is 0.0690. The molecule has 0 fully saturated rings. The smallest absolute Gasteiger partial charge is 0.123 e. The van der Waals surface area contributed by atoms with Crippen LogP contribution in [0.5, 0.6) is 0 Å². The molecule has 1 rings (SSSR count). The number of aliphatic hydroxyl groups is 1. The summed E-state index contributed by atoms with van der Waals surface area (Å²) in [5.74, 6) is -0.310. The fourth-order valence-corrected chi connectivity index (χ4v) is 1.57. The minimum absolute atomic E-state index is 0.0188. The van der Waals surface area contributed by atoms with Crippen molar-refractivity contribution in [2.24, 2.45) is 0 Å². The second-order valence-corrected chi connectivity index (χ2v) is 4.14. The highest BCUT2D eigenvalue weighted by molar-refractivity contribution is 5.20. The van der Waals surface area contributed by atoms with Gasteiger partial charge in [0.1, 0.15) is 5.82 Å². The van der Waals surface area contributed by atoms with E-state index in [0.29, 0.717) is 13.0 Å². The van der Waals surface area contributed by atoms with Crippen molar-refractivity contribution in [3.8, 4) is 0 Å². The van der Waals surface area contributed by atoms with Gasteiger partial charge in [-0.05, 0) is 38.0 Å². The third kappa shape index (κ3) is 4.29. The van der Waals surface area contributed by atoms with Crippen LogP contribution < -0.4 is 0 Å². The lowest BCUT2D eigenvalue weighted by atomic mass is 9.97. The molecule has 1 aromatic rings. The normalized spacial score (nSPS) is 13.1. The van der Waals surface area contributed by atoms with Crippen molar-refractivity contribution in [1.82, 2.24) is 0 Å². The Kier molecular flexibility index (Phi) is 5.43. The molecule has 0 aliphatic rings. The van der Waals surface area contributed by atoms with Crippen molar-refractivity contribution in [3.63, 3.8) is 0 Å². The predicted octanol–water partition coefficient (Wildman–Crippen LogP) is 2.72. The highest BCUT2D eigenvalue weighted by Crippen LogP contribution is 2.20. The fraction of sp³-hybridized carbons (Fsp3) is 0.538. The van der Waals surface area contributed by atoms with Crippen LogP contribution in [0, 0.1) is 5.82 Å². The maximum absolute atomic E-state index is 13.0. The van der Waals surface area contributed by atoms with Crippen LogP contribution in [0.25, 0.3) is 0 Å². The first-order valence-electron chi connectivity index (χ1n) is 5.61. The molecular formula is C13H19FO2. The average molecular weight is 226 g/mol. The number of hydrogen-bond donors (Lipinski definition) is 1. The number of benzene rings is 1. The second-order valence-electron chi connectivity index (χ2n) is 4.14. The van der Waals surface area contributed by atoms with Crippen molar-refractivity contribution in [2.45, 2.75) is 32.3 Å². The Labute approximate surface area is 96.1 Å². The Morgan fingerprint density at radius 3 is 2.69 bits per heavy atom. The number of ether oxygens (including phenoxy) is 1. The summed E-state index contributed by atoms with van der Waals surface area (Å²) in [6, 6.07) is 6.37. The number of halogens is 1. The standard InChI is InChI=1S/C13H19FO2/c1-10(2)16-7-6-12(9-15)11-4-3-5-13(14)8-11/h3-5,8,10,12,15H,6-7,9H2,1-2H3. The molecule has 90 valence electrons. The topological polar surface area (TPSA) is 29.5 Å². The van der Waals surface area contributed by atoms with Crippen molar-refractivity contribution in [3.05, 3.63) is 35.6 Å². The summed E-state index contributed by atoms with van der Waals surface area (Å²) in [5.41, 5.74) is 0.829. The largest absolute Gasteiger partial charge is 0.396 e. The molecule has 3 heteroatoms. The van der Waals surface area contributed by atoms with Crippen LogP contribution in [0.3, 0.4) is 0 Å². The maximum atomic E-state index is 13.0. The molecule has 0 radical (unpaired) electrons. The molecule has 1 aromatic carbocycles. The van der Waals surface area contributed by atoms with E-state index >= 15 is 0 Å². The summed E-state index contributed by atoms with van der Waals surface area (Å²) in [4.78, 5) is 0. The van der Waals surface area contributed by atoms with Crippen LogP contribution in [0.2, 0.25) is 0 Å². The Bertz CT molecular complexity index is 313. The van der Waals surface area contributed by atoms with Gasteiger partial charge in [-0.25, -0.2) is 4.39 Å². The van der Waals surface area contributed by atoms with Gasteiger partial charge in [0, 0.05) is 12.5 Å². The van der Waals surface area contributed by atoms with Gasteiger partial charge in [-0.3, -0.25) is 0 Å². The van der Waals surface area contributed by atoms with Crippen LogP contribution >= 0.6 is 0 Å². The van der Waals surface area contributed by atoms with Gasteiger partial charge >= 0.3 is 0 Å². The van der Waals surface area contributed by atoms with Gasteiger partial charge in [0.2, 0.25) is 0 Å². The SMILES string of the molecule is CC(C)OCCC(CO)c1cccc(F)c1. The number of rotatable bonds is 6. The zero-order chi connectivity index (χ0) is 12.0. The van der Waals surface area contributed by atoms with Crippen LogP contribution in [0.4, 0.5) is 4.39 Å². The van der Waals surface area contributed by atoms with E-state index < -0.39 is 0 Å². The van der Waals surface area contributed by atoms with Gasteiger partial charge in [-0.2, -0.15) is 0 Å². The highest BCUT2D eigenvalue weighted by atomic mass is 19.1. The van der Waals surface area contributed by atoms with Crippen LogP contribution in [0.1, 0.15) is 31.7 Å². The molecule has 0 bridgehead atoms. The molecule has 0 aliphatic heterocycles. The van der Waals surface area contributed by atoms with E-state index in [1.807, 2.05) is 19.9 Å². The Hall–Kier alpha value is -0.930. The lowest BCUT2D eigenvalue weighted by Gasteiger charge is -2.15. The molecular weight excluding hydrogens is 207 g/mol. The predicted molar refractivity (Wildman–Crippen MR) is 61.9 cm³/mol. The van der Waals surface area contributed by atoms with E-state index in [0.717, 1.165) is 5.56 Å². The van der Waals surface area contributed by atoms with E-state index in [9.17, 15) is 9.50 Å². The zero-order valence-electron chi connectivity index (χ0n) is 9.82. The lowest BCUT2D eigenvalue weighted by Crippen LogP contribution is -2.11. The van der Waals surface area contributed by atoms with Crippen LogP contribution in [-0.2, 0) is 4.74 Å². The molecule has 0 spiro atoms. The van der Waals surface area contributed by atoms with E-state index in [2.05, 4.69) is 0 Å². The van der Waals surface area contributed by atoms with Crippen molar-refractivity contribution >= 4 is 0 Å². The summed E-state index contributed by atoms with van der Waals surface area (Å²) in [6.45, 7) is 4.54. The van der Waals surface area contributed by atoms with Crippen molar-refractivity contribution in [1.29, 1.82) is 0 Å². The molecule has 0 aromatic heterocycles. The summed E-state index contributed by atoms with van der Waals surface area (Å²) in [7, 11) is 0. The minimum Gasteiger partial charge on any atom is -0.396 e. The Balaban J connectivity index is 2.53. The summed E-state index contributed by atoms with van der Waals surface area (Å²) in [5, 5.41) is 9.26. The molecule has 16 heavy (non-hydrogen) atoms. The van der Waals surface area contributed by atoms with E-state index in [1.165, 1.54) is 12.1 Å². The molecule has 0 saturated heterocycles. The van der Waals surface area contributed by atoms with Gasteiger partial charge in [0.05, 0.1) is 12.7 Å². The summed E-state index contributed by atoms with van der Waals surface area (Å²) >= 11 is 0. The zero-order valence-corrected chi connectivity index (χ0v) is 9.82. The molecule has 0 saturated carbocycles. The molecule has 0 amide bonds. The van der Waals surface area contributed by atoms with Crippen molar-refractivity contribution in [2.75, 3.05) is 13.2 Å². The van der Waals surface area contributed by atoms with Gasteiger partial charge in [-0.1, -0.05) is 12.1 Å². The summed E-state index contributed by atoms with van der Waals surface area (Å²) < 4.78 is 18.4. The molecule has 0 heterocycles. The quantitative estimate of drug-likeness (QED) is 0.808. The van der Waals surface area contributed by atoms with Crippen LogP contribution in [-0.4, -0.2) is 24.4 Å². The second kappa shape index (κ2) is 6.61. The first kappa shape index (κ1) is 13.1. The minimum atomic E-state index is -0.263. The first-order valence-corrected chi connectivity index (χ1v) is 5.61. The first-order chi connectivity index (χ1) is 7.63. The highest BCUT2D eigenvalue weighted by Gasteiger charge is 2.11. The fourth-order valence-electron chi connectivity index (χ4n) is 1.57. The maximum Gasteiger partial charge on any atom is 0.123 e. The van der Waals surface area contributed by atoms with Crippen molar-refractivity contribution < 1.29 is 14.2 Å². The molecule has 2 nitrogen and oxygen atoms in total. The molecule has 1 atom stereocenters. The van der Waals surface area contributed by atoms with Gasteiger partial charge < -0.3 is 9.84 Å². The molecule has 0 aliphatic carbocycles. The van der Waals surface area contributed by atoms with Gasteiger partial charge in [-0.15, -0.1) is 0 Å². The monoisotopic (exact) mass is 226 g/mol. The molecule has 1 N–H and O–H groups in total. The summed E-state index contributed by atoms with van der Waals surface area (Å²) in [6.07, 6.45) is 0.893. The third-order valence-electron chi connectivity index (χ3n) is 2.46. The van der Waals surface area contributed by atoms with Gasteiger partial charge in [0.25, 0.3) is 0 Å². The van der Waals surface area contributed by atoms with E-state index in [-0.39, 0.29) is 24.4 Å². The van der Waals surface area contributed by atoms with E-state index in [4.69, 9.17) is 4.74 Å². The van der Waals surface area contributed by atoms with Crippen LogP contribution in [0.15, 0.2) is 24.3 Å². The number of hydrogen-bond acceptors (Lipinski definition) is 2. The van der Waals surface area contributed by atoms with Gasteiger partial charge in [0.15, 0.2) is 0 Å².